The Bertz CT molecular complexity index is 775. The highest BCUT2D eigenvalue weighted by Crippen LogP contribution is 2.41. The fourth-order valence-electron chi connectivity index (χ4n) is 3.25. The lowest BCUT2D eigenvalue weighted by Crippen LogP contribution is -2.52. The molecule has 0 amide bonds. The lowest BCUT2D eigenvalue weighted by Gasteiger charge is -2.41. The maximum Gasteiger partial charge on any atom is 0.416 e. The topological polar surface area (TPSA) is 34.4 Å². The van der Waals surface area contributed by atoms with Gasteiger partial charge in [0.05, 0.1) is 11.6 Å². The number of nitrogens with zero attached hydrogens (tertiary/aromatic N) is 5. The van der Waals surface area contributed by atoms with Gasteiger partial charge < -0.3 is 9.80 Å². The average Bonchev–Trinajstić information content (AvgIpc) is 2.57. The lowest BCUT2D eigenvalue weighted by atomic mass is 10.00. The molecule has 1 aromatic carbocycles. The van der Waals surface area contributed by atoms with Crippen molar-refractivity contribution >= 4 is 17.4 Å². The first-order chi connectivity index (χ1) is 12.6. The first-order valence-electron chi connectivity index (χ1n) is 8.82. The monoisotopic (exact) mass is 385 g/mol. The molecule has 2 aliphatic rings. The fraction of sp³-hybridized carbons (Fsp3) is 0.556. The number of aliphatic imine (C=N–C) groups is 1. The van der Waals surface area contributed by atoms with Crippen molar-refractivity contribution in [1.82, 2.24) is 14.8 Å². The molecule has 3 rings (SSSR count). The van der Waals surface area contributed by atoms with Crippen molar-refractivity contribution in [3.63, 3.8) is 0 Å². The summed E-state index contributed by atoms with van der Waals surface area (Å²) in [4.78, 5) is 8.58. The Morgan fingerprint density at radius 3 is 2.33 bits per heavy atom. The third kappa shape index (κ3) is 3.92. The molecule has 27 heavy (non-hydrogen) atoms. The standard InChI is InChI=1S/C18H23F4N5/c1-11(2)24-27-12(3)14-9-13(18(20,21)22)10-15(19)16(14)23-17(27)26-7-5-25(4)6-8-26/h9-10,12H,5-8H2,1-4H3. The van der Waals surface area contributed by atoms with Crippen LogP contribution in [0.5, 0.6) is 0 Å². The lowest BCUT2D eigenvalue weighted by molar-refractivity contribution is -0.137. The minimum atomic E-state index is -4.62. The summed E-state index contributed by atoms with van der Waals surface area (Å²) >= 11 is 0. The number of hydrogen-bond acceptors (Lipinski definition) is 5. The number of guanidine groups is 1. The van der Waals surface area contributed by atoms with E-state index < -0.39 is 23.6 Å². The number of fused-ring (bicyclic) bond motifs is 1. The van der Waals surface area contributed by atoms with Crippen molar-refractivity contribution in [2.24, 2.45) is 10.1 Å². The summed E-state index contributed by atoms with van der Waals surface area (Å²) < 4.78 is 53.9. The average molecular weight is 385 g/mol. The molecule has 1 atom stereocenters. The van der Waals surface area contributed by atoms with E-state index in [0.717, 1.165) is 24.9 Å². The Kier molecular flexibility index (Phi) is 5.16. The SMILES string of the molecule is CC(C)=NN1C(N2CCN(C)CC2)=Nc2c(F)cc(C(F)(F)F)cc2C1C. The van der Waals surface area contributed by atoms with Gasteiger partial charge in [-0.1, -0.05) is 0 Å². The number of rotatable bonds is 1. The van der Waals surface area contributed by atoms with Gasteiger partial charge in [-0.3, -0.25) is 0 Å². The van der Waals surface area contributed by atoms with Crippen LogP contribution in [0.25, 0.3) is 0 Å². The Morgan fingerprint density at radius 2 is 1.78 bits per heavy atom. The first kappa shape index (κ1) is 19.6. The number of piperazine rings is 1. The van der Waals surface area contributed by atoms with Gasteiger partial charge in [0.1, 0.15) is 11.5 Å². The number of hydrogen-bond donors (Lipinski definition) is 0. The zero-order chi connectivity index (χ0) is 19.9. The van der Waals surface area contributed by atoms with E-state index in [0.29, 0.717) is 25.1 Å². The van der Waals surface area contributed by atoms with E-state index in [2.05, 4.69) is 15.0 Å². The van der Waals surface area contributed by atoms with Crippen molar-refractivity contribution in [3.8, 4) is 0 Å². The molecule has 2 heterocycles. The maximum absolute atomic E-state index is 14.5. The molecule has 0 aliphatic carbocycles. The predicted molar refractivity (Wildman–Crippen MR) is 96.6 cm³/mol. The molecule has 5 nitrogen and oxygen atoms in total. The minimum absolute atomic E-state index is 0.0374. The smallest absolute Gasteiger partial charge is 0.338 e. The van der Waals surface area contributed by atoms with Crippen LogP contribution in [0.2, 0.25) is 0 Å². The van der Waals surface area contributed by atoms with E-state index in [1.165, 1.54) is 0 Å². The van der Waals surface area contributed by atoms with E-state index in [9.17, 15) is 17.6 Å². The number of alkyl halides is 3. The Labute approximate surface area is 156 Å². The van der Waals surface area contributed by atoms with Gasteiger partial charge in [0, 0.05) is 37.5 Å². The second-order valence-corrected chi connectivity index (χ2v) is 7.16. The van der Waals surface area contributed by atoms with Gasteiger partial charge in [0.15, 0.2) is 0 Å². The van der Waals surface area contributed by atoms with Crippen molar-refractivity contribution in [3.05, 3.63) is 29.1 Å². The van der Waals surface area contributed by atoms with Gasteiger partial charge in [0.2, 0.25) is 5.96 Å². The van der Waals surface area contributed by atoms with Gasteiger partial charge in [-0.15, -0.1) is 0 Å². The molecule has 1 unspecified atom stereocenters. The first-order valence-corrected chi connectivity index (χ1v) is 8.82. The normalized spacial score (nSPS) is 21.0. The van der Waals surface area contributed by atoms with Crippen molar-refractivity contribution in [2.45, 2.75) is 33.0 Å². The largest absolute Gasteiger partial charge is 0.416 e. The highest BCUT2D eigenvalue weighted by Gasteiger charge is 2.37. The molecule has 1 fully saturated rings. The van der Waals surface area contributed by atoms with Crippen LogP contribution in [-0.2, 0) is 6.18 Å². The van der Waals surface area contributed by atoms with Crippen LogP contribution < -0.4 is 0 Å². The van der Waals surface area contributed by atoms with E-state index in [4.69, 9.17) is 0 Å². The van der Waals surface area contributed by atoms with Crippen LogP contribution in [-0.4, -0.2) is 59.7 Å². The summed E-state index contributed by atoms with van der Waals surface area (Å²) in [6.45, 7) is 8.34. The van der Waals surface area contributed by atoms with Crippen LogP contribution in [0.15, 0.2) is 22.2 Å². The summed E-state index contributed by atoms with van der Waals surface area (Å²) in [6.07, 6.45) is -4.62. The molecular formula is C18H23F4N5. The molecule has 0 aromatic heterocycles. The van der Waals surface area contributed by atoms with Crippen molar-refractivity contribution in [2.75, 3.05) is 33.2 Å². The zero-order valence-corrected chi connectivity index (χ0v) is 15.8. The zero-order valence-electron chi connectivity index (χ0n) is 15.8. The molecule has 2 aliphatic heterocycles. The molecule has 1 aromatic rings. The third-order valence-electron chi connectivity index (χ3n) is 4.75. The summed E-state index contributed by atoms with van der Waals surface area (Å²) in [5.41, 5.74) is -0.129. The molecule has 0 bridgehead atoms. The van der Waals surface area contributed by atoms with Gasteiger partial charge in [-0.05, 0) is 40.0 Å². The molecule has 0 N–H and O–H groups in total. The van der Waals surface area contributed by atoms with E-state index >= 15 is 0 Å². The number of halogens is 4. The summed E-state index contributed by atoms with van der Waals surface area (Å²) in [7, 11) is 2.02. The van der Waals surface area contributed by atoms with Crippen LogP contribution in [0.3, 0.4) is 0 Å². The molecule has 9 heteroatoms. The third-order valence-corrected chi connectivity index (χ3v) is 4.75. The second-order valence-electron chi connectivity index (χ2n) is 7.16. The molecular weight excluding hydrogens is 362 g/mol. The van der Waals surface area contributed by atoms with E-state index in [-0.39, 0.29) is 11.3 Å². The van der Waals surface area contributed by atoms with Crippen LogP contribution in [0.1, 0.15) is 37.9 Å². The van der Waals surface area contributed by atoms with Crippen LogP contribution >= 0.6 is 0 Å². The number of hydrazone groups is 1. The second kappa shape index (κ2) is 7.10. The van der Waals surface area contributed by atoms with E-state index in [1.807, 2.05) is 11.9 Å². The minimum Gasteiger partial charge on any atom is -0.338 e. The molecule has 1 saturated heterocycles. The summed E-state index contributed by atoms with van der Waals surface area (Å²) in [5, 5.41) is 6.07. The van der Waals surface area contributed by atoms with Crippen LogP contribution in [0.4, 0.5) is 23.2 Å². The van der Waals surface area contributed by atoms with Gasteiger partial charge in [-0.25, -0.2) is 14.4 Å². The summed E-state index contributed by atoms with van der Waals surface area (Å²) in [6, 6.07) is 0.917. The van der Waals surface area contributed by atoms with Gasteiger partial charge >= 0.3 is 6.18 Å². The van der Waals surface area contributed by atoms with Crippen molar-refractivity contribution in [1.29, 1.82) is 0 Å². The quantitative estimate of drug-likeness (QED) is 0.544. The van der Waals surface area contributed by atoms with Gasteiger partial charge in [0.25, 0.3) is 0 Å². The van der Waals surface area contributed by atoms with Crippen molar-refractivity contribution < 1.29 is 17.6 Å². The molecule has 0 spiro atoms. The molecule has 0 radical (unpaired) electrons. The Balaban J connectivity index is 2.11. The summed E-state index contributed by atoms with van der Waals surface area (Å²) in [5.74, 6) is -0.488. The highest BCUT2D eigenvalue weighted by molar-refractivity contribution is 5.88. The van der Waals surface area contributed by atoms with Gasteiger partial charge in [-0.2, -0.15) is 18.3 Å². The Hall–Kier alpha value is -2.16. The molecule has 148 valence electrons. The Morgan fingerprint density at radius 1 is 1.15 bits per heavy atom. The van der Waals surface area contributed by atoms with Crippen LogP contribution in [0, 0.1) is 5.82 Å². The molecule has 0 saturated carbocycles. The maximum atomic E-state index is 14.5. The van der Waals surface area contributed by atoms with E-state index in [1.54, 1.807) is 25.8 Å². The number of benzene rings is 1. The number of likely N-dealkylation sites (N-methyl/N-ethyl adjacent to an activating group) is 1. The fourth-order valence-corrected chi connectivity index (χ4v) is 3.25. The predicted octanol–water partition coefficient (Wildman–Crippen LogP) is 3.85. The highest BCUT2D eigenvalue weighted by atomic mass is 19.4.